The minimum atomic E-state index is -4.91. The monoisotopic (exact) mass is 638 g/mol. The number of piperidine rings is 1. The van der Waals surface area contributed by atoms with Gasteiger partial charge in [-0.3, -0.25) is 4.98 Å². The number of aromatic nitrogens is 4. The lowest BCUT2D eigenvalue weighted by Gasteiger charge is -2.48. The average molecular weight is 639 g/mol. The Balaban J connectivity index is 1.46. The molecule has 2 aromatic carbocycles. The molecule has 2 saturated heterocycles. The van der Waals surface area contributed by atoms with Crippen molar-refractivity contribution in [3.63, 3.8) is 0 Å². The molecule has 2 aliphatic rings. The summed E-state index contributed by atoms with van der Waals surface area (Å²) in [5.41, 5.74) is -1.34. The fourth-order valence-corrected chi connectivity index (χ4v) is 5.95. The number of ether oxygens (including phenoxy) is 2. The van der Waals surface area contributed by atoms with Crippen molar-refractivity contribution in [1.82, 2.24) is 25.1 Å². The topological polar surface area (TPSA) is 76.5 Å². The molecule has 2 aliphatic heterocycles. The molecule has 0 saturated carbocycles. The van der Waals surface area contributed by atoms with E-state index in [0.717, 1.165) is 37.8 Å². The molecule has 46 heavy (non-hydrogen) atoms. The van der Waals surface area contributed by atoms with Crippen LogP contribution in [-0.2, 0) is 10.9 Å². The fourth-order valence-electron chi connectivity index (χ4n) is 5.95. The molecule has 0 N–H and O–H groups in total. The standard InChI is InChI=1S/C33H31F5N6O2/c1-2-43-12-9-32(10-13-43)21-44(14-15-45-32)31-22(16-26(35)28-20-39-19-27(42-28)23-8-11-40-41-18-23)6-7-29(30(31)33(36,37)38)46-25-5-3-4-24(34)17-25/h3-8,11,16-20H,2,9-10,12-15,21H2,1H3/b26-16-. The van der Waals surface area contributed by atoms with Crippen molar-refractivity contribution in [1.29, 1.82) is 0 Å². The number of morpholine rings is 1. The zero-order valence-electron chi connectivity index (χ0n) is 25.0. The first-order chi connectivity index (χ1) is 22.1. The van der Waals surface area contributed by atoms with Crippen LogP contribution in [0.25, 0.3) is 23.2 Å². The number of halogens is 5. The zero-order chi connectivity index (χ0) is 32.3. The molecule has 0 aliphatic carbocycles. The largest absolute Gasteiger partial charge is 0.457 e. The van der Waals surface area contributed by atoms with Gasteiger partial charge in [-0.1, -0.05) is 13.0 Å². The van der Waals surface area contributed by atoms with Crippen LogP contribution >= 0.6 is 0 Å². The number of likely N-dealkylation sites (tertiary alicyclic amines) is 1. The number of hydrogen-bond donors (Lipinski definition) is 0. The summed E-state index contributed by atoms with van der Waals surface area (Å²) in [4.78, 5) is 12.3. The Morgan fingerprint density at radius 1 is 1.04 bits per heavy atom. The van der Waals surface area contributed by atoms with Crippen LogP contribution in [0.4, 0.5) is 27.6 Å². The van der Waals surface area contributed by atoms with E-state index in [4.69, 9.17) is 9.47 Å². The highest BCUT2D eigenvalue weighted by Crippen LogP contribution is 2.48. The number of benzene rings is 2. The van der Waals surface area contributed by atoms with Crippen LogP contribution in [0.2, 0.25) is 0 Å². The minimum Gasteiger partial charge on any atom is -0.457 e. The van der Waals surface area contributed by atoms with Crippen LogP contribution in [0.1, 0.15) is 36.6 Å². The fraction of sp³-hybridized carbons (Fsp3) is 0.333. The molecule has 1 spiro atoms. The summed E-state index contributed by atoms with van der Waals surface area (Å²) in [6.45, 7) is 4.94. The Kier molecular flexibility index (Phi) is 8.96. The quantitative estimate of drug-likeness (QED) is 0.200. The van der Waals surface area contributed by atoms with E-state index in [9.17, 15) is 4.39 Å². The number of hydrogen-bond acceptors (Lipinski definition) is 8. The molecule has 2 fully saturated rings. The van der Waals surface area contributed by atoms with E-state index in [0.29, 0.717) is 24.1 Å². The highest BCUT2D eigenvalue weighted by Gasteiger charge is 2.44. The second-order valence-corrected chi connectivity index (χ2v) is 11.2. The lowest BCUT2D eigenvalue weighted by Crippen LogP contribution is -2.57. The summed E-state index contributed by atoms with van der Waals surface area (Å²) in [5.74, 6) is -2.18. The molecule has 0 radical (unpaired) electrons. The highest BCUT2D eigenvalue weighted by atomic mass is 19.4. The van der Waals surface area contributed by atoms with Crippen molar-refractivity contribution in [3.05, 3.63) is 89.9 Å². The first kappa shape index (κ1) is 31.5. The molecule has 8 nitrogen and oxygen atoms in total. The van der Waals surface area contributed by atoms with Gasteiger partial charge in [0, 0.05) is 43.4 Å². The van der Waals surface area contributed by atoms with Gasteiger partial charge in [-0.25, -0.2) is 13.8 Å². The van der Waals surface area contributed by atoms with Crippen molar-refractivity contribution in [2.45, 2.75) is 31.5 Å². The van der Waals surface area contributed by atoms with E-state index >= 15 is 17.6 Å². The van der Waals surface area contributed by atoms with Gasteiger partial charge in [0.1, 0.15) is 28.6 Å². The van der Waals surface area contributed by atoms with Crippen LogP contribution in [0, 0.1) is 5.82 Å². The SMILES string of the molecule is CCN1CCC2(CC1)CN(c1c(/C=C(\F)c3cncc(-c4ccnnc4)n3)ccc(Oc3cccc(F)c3)c1C(F)(F)F)CCO2. The maximum Gasteiger partial charge on any atom is 0.422 e. The van der Waals surface area contributed by atoms with E-state index in [1.165, 1.54) is 49.1 Å². The summed E-state index contributed by atoms with van der Waals surface area (Å²) in [7, 11) is 0. The van der Waals surface area contributed by atoms with Gasteiger partial charge in [0.25, 0.3) is 0 Å². The molecule has 4 aromatic rings. The van der Waals surface area contributed by atoms with Crippen LogP contribution in [0.3, 0.4) is 0 Å². The Labute approximate surface area is 262 Å². The van der Waals surface area contributed by atoms with Gasteiger partial charge < -0.3 is 19.3 Å². The summed E-state index contributed by atoms with van der Waals surface area (Å²) in [6.07, 6.45) is 2.92. The van der Waals surface area contributed by atoms with Crippen LogP contribution < -0.4 is 9.64 Å². The van der Waals surface area contributed by atoms with Crippen molar-refractivity contribution in [3.8, 4) is 22.8 Å². The van der Waals surface area contributed by atoms with Gasteiger partial charge in [-0.2, -0.15) is 23.4 Å². The predicted octanol–water partition coefficient (Wildman–Crippen LogP) is 7.04. The molecule has 2 aromatic heterocycles. The first-order valence-corrected chi connectivity index (χ1v) is 14.9. The summed E-state index contributed by atoms with van der Waals surface area (Å²) in [6, 6.07) is 9.00. The van der Waals surface area contributed by atoms with E-state index in [1.807, 2.05) is 0 Å². The van der Waals surface area contributed by atoms with Crippen molar-refractivity contribution in [2.75, 3.05) is 44.2 Å². The lowest BCUT2D eigenvalue weighted by atomic mass is 9.88. The van der Waals surface area contributed by atoms with Gasteiger partial charge in [0.15, 0.2) is 5.83 Å². The maximum absolute atomic E-state index is 15.9. The smallest absolute Gasteiger partial charge is 0.422 e. The molecule has 240 valence electrons. The molecule has 6 rings (SSSR count). The van der Waals surface area contributed by atoms with Crippen LogP contribution in [0.5, 0.6) is 11.5 Å². The van der Waals surface area contributed by atoms with Gasteiger partial charge in [-0.05, 0) is 55.8 Å². The third kappa shape index (κ3) is 6.85. The maximum atomic E-state index is 15.9. The Hall–Kier alpha value is -4.49. The molecule has 0 unspecified atom stereocenters. The Bertz CT molecular complexity index is 1710. The van der Waals surface area contributed by atoms with Crippen molar-refractivity contribution < 1.29 is 31.4 Å². The van der Waals surface area contributed by atoms with Gasteiger partial charge in [-0.15, -0.1) is 0 Å². The summed E-state index contributed by atoms with van der Waals surface area (Å²) in [5, 5.41) is 7.53. The van der Waals surface area contributed by atoms with Gasteiger partial charge >= 0.3 is 6.18 Å². The highest BCUT2D eigenvalue weighted by molar-refractivity contribution is 5.84. The number of rotatable bonds is 7. The Morgan fingerprint density at radius 3 is 2.59 bits per heavy atom. The van der Waals surface area contributed by atoms with E-state index < -0.39 is 34.7 Å². The van der Waals surface area contributed by atoms with Crippen LogP contribution in [0.15, 0.2) is 67.3 Å². The molecule has 0 atom stereocenters. The van der Waals surface area contributed by atoms with Gasteiger partial charge in [0.2, 0.25) is 0 Å². The van der Waals surface area contributed by atoms with E-state index in [1.54, 1.807) is 11.0 Å². The van der Waals surface area contributed by atoms with Crippen LogP contribution in [-0.4, -0.2) is 70.0 Å². The Morgan fingerprint density at radius 2 is 1.87 bits per heavy atom. The molecule has 0 bridgehead atoms. The third-order valence-corrected chi connectivity index (χ3v) is 8.30. The second kappa shape index (κ2) is 13.1. The van der Waals surface area contributed by atoms with Crippen molar-refractivity contribution >= 4 is 17.6 Å². The lowest BCUT2D eigenvalue weighted by molar-refractivity contribution is -0.138. The summed E-state index contributed by atoms with van der Waals surface area (Å²) < 4.78 is 87.0. The summed E-state index contributed by atoms with van der Waals surface area (Å²) >= 11 is 0. The second-order valence-electron chi connectivity index (χ2n) is 11.2. The molecular formula is C33H31F5N6O2. The van der Waals surface area contributed by atoms with Gasteiger partial charge in [0.05, 0.1) is 48.4 Å². The van der Waals surface area contributed by atoms with E-state index in [-0.39, 0.29) is 42.4 Å². The predicted molar refractivity (Wildman–Crippen MR) is 162 cm³/mol. The first-order valence-electron chi connectivity index (χ1n) is 14.9. The number of alkyl halides is 3. The molecule has 0 amide bonds. The zero-order valence-corrected chi connectivity index (χ0v) is 25.0. The molecule has 13 heteroatoms. The number of nitrogens with zero attached hydrogens (tertiary/aromatic N) is 6. The van der Waals surface area contributed by atoms with Crippen molar-refractivity contribution in [2.24, 2.45) is 0 Å². The minimum absolute atomic E-state index is 0.0303. The van der Waals surface area contributed by atoms with E-state index in [2.05, 4.69) is 32.0 Å². The molecule has 4 heterocycles. The normalized spacial score (nSPS) is 17.3. The average Bonchev–Trinajstić information content (AvgIpc) is 3.05. The number of anilines is 1. The third-order valence-electron chi connectivity index (χ3n) is 8.30. The molecular weight excluding hydrogens is 607 g/mol.